The predicted octanol–water partition coefficient (Wildman–Crippen LogP) is 1.48. The van der Waals surface area contributed by atoms with E-state index >= 15 is 0 Å². The highest BCUT2D eigenvalue weighted by Gasteiger charge is 2.06. The number of nitrogens with two attached hydrogens (primary N) is 1. The van der Waals surface area contributed by atoms with Crippen LogP contribution in [0, 0.1) is 0 Å². The Kier molecular flexibility index (Phi) is 4.41. The molecule has 0 saturated heterocycles. The lowest BCUT2D eigenvalue weighted by Crippen LogP contribution is -2.20. The first kappa shape index (κ1) is 13.4. The van der Waals surface area contributed by atoms with Gasteiger partial charge in [-0.3, -0.25) is 14.0 Å². The van der Waals surface area contributed by atoms with Gasteiger partial charge in [0.05, 0.1) is 0 Å². The number of amides is 1. The van der Waals surface area contributed by atoms with Crippen molar-refractivity contribution in [2.24, 2.45) is 5.73 Å². The van der Waals surface area contributed by atoms with Crippen LogP contribution in [0.3, 0.4) is 0 Å². The maximum absolute atomic E-state index is 11.7. The van der Waals surface area contributed by atoms with Gasteiger partial charge in [-0.1, -0.05) is 30.3 Å². The third kappa shape index (κ3) is 3.99. The van der Waals surface area contributed by atoms with E-state index in [9.17, 15) is 9.00 Å². The molecule has 0 spiro atoms. The van der Waals surface area contributed by atoms with Crippen LogP contribution in [-0.2, 0) is 21.3 Å². The molecule has 0 unspecified atom stereocenters. The molecule has 1 amide bonds. The molecule has 2 aromatic rings. The fourth-order valence-corrected chi connectivity index (χ4v) is 2.74. The summed E-state index contributed by atoms with van der Waals surface area (Å²) in [5.74, 6) is -0.310. The van der Waals surface area contributed by atoms with Gasteiger partial charge in [0.2, 0.25) is 5.91 Å². The second kappa shape index (κ2) is 6.24. The highest BCUT2D eigenvalue weighted by molar-refractivity contribution is 7.84. The standard InChI is InChI=1S/C14H14N2O2S/c15-14(17)10-19(18)9-11-3-1-4-12(7-11)13-5-2-6-16-8-13/h1-8H,9-10H2,(H2,15,17)/t19-/m0/s1. The normalized spacial score (nSPS) is 12.0. The second-order valence-electron chi connectivity index (χ2n) is 4.14. The van der Waals surface area contributed by atoms with Crippen LogP contribution in [0.4, 0.5) is 0 Å². The van der Waals surface area contributed by atoms with Gasteiger partial charge in [-0.15, -0.1) is 0 Å². The van der Waals surface area contributed by atoms with E-state index in [0.29, 0.717) is 5.75 Å². The molecule has 1 aromatic carbocycles. The SMILES string of the molecule is NC(=O)C[S@@](=O)Cc1cccc(-c2cccnc2)c1. The minimum atomic E-state index is -1.26. The van der Waals surface area contributed by atoms with Crippen molar-refractivity contribution >= 4 is 16.7 Å². The smallest absolute Gasteiger partial charge is 0.230 e. The highest BCUT2D eigenvalue weighted by atomic mass is 32.2. The molecule has 0 radical (unpaired) electrons. The van der Waals surface area contributed by atoms with E-state index in [1.807, 2.05) is 36.4 Å². The van der Waals surface area contributed by atoms with Crippen LogP contribution in [0.2, 0.25) is 0 Å². The van der Waals surface area contributed by atoms with Crippen molar-refractivity contribution in [1.29, 1.82) is 0 Å². The average molecular weight is 274 g/mol. The molecule has 0 fully saturated rings. The summed E-state index contributed by atoms with van der Waals surface area (Å²) < 4.78 is 11.7. The van der Waals surface area contributed by atoms with Crippen LogP contribution >= 0.6 is 0 Å². The monoisotopic (exact) mass is 274 g/mol. The zero-order valence-electron chi connectivity index (χ0n) is 10.3. The molecular formula is C14H14N2O2S. The molecule has 0 bridgehead atoms. The van der Waals surface area contributed by atoms with Crippen molar-refractivity contribution in [3.05, 3.63) is 54.4 Å². The average Bonchev–Trinajstić information content (AvgIpc) is 2.39. The maximum Gasteiger partial charge on any atom is 0.230 e. The van der Waals surface area contributed by atoms with E-state index < -0.39 is 16.7 Å². The lowest BCUT2D eigenvalue weighted by atomic mass is 10.1. The van der Waals surface area contributed by atoms with Crippen molar-refractivity contribution in [2.75, 3.05) is 5.75 Å². The zero-order valence-corrected chi connectivity index (χ0v) is 11.1. The van der Waals surface area contributed by atoms with Gasteiger partial charge in [0.15, 0.2) is 0 Å². The summed E-state index contributed by atoms with van der Waals surface area (Å²) in [6.07, 6.45) is 3.49. The third-order valence-corrected chi connectivity index (χ3v) is 3.81. The Morgan fingerprint density at radius 2 is 2.00 bits per heavy atom. The van der Waals surface area contributed by atoms with Crippen molar-refractivity contribution in [3.8, 4) is 11.1 Å². The Balaban J connectivity index is 2.16. The van der Waals surface area contributed by atoms with Crippen molar-refractivity contribution in [2.45, 2.75) is 5.75 Å². The number of primary amides is 1. The number of carbonyl (C=O) groups excluding carboxylic acids is 1. The molecule has 1 aromatic heterocycles. The number of carbonyl (C=O) groups is 1. The summed E-state index contributed by atoms with van der Waals surface area (Å²) >= 11 is 0. The van der Waals surface area contributed by atoms with Crippen molar-refractivity contribution < 1.29 is 9.00 Å². The molecule has 0 saturated carbocycles. The molecule has 0 aliphatic rings. The fraction of sp³-hybridized carbons (Fsp3) is 0.143. The summed E-state index contributed by atoms with van der Waals surface area (Å²) in [5, 5.41) is 0. The predicted molar refractivity (Wildman–Crippen MR) is 75.6 cm³/mol. The second-order valence-corrected chi connectivity index (χ2v) is 5.59. The minimum absolute atomic E-state index is 0.100. The molecule has 1 atom stereocenters. The summed E-state index contributed by atoms with van der Waals surface area (Å²) in [5.41, 5.74) is 7.97. The van der Waals surface area contributed by atoms with Crippen molar-refractivity contribution in [3.63, 3.8) is 0 Å². The Morgan fingerprint density at radius 1 is 1.21 bits per heavy atom. The van der Waals surface area contributed by atoms with Crippen LogP contribution < -0.4 is 5.73 Å². The summed E-state index contributed by atoms with van der Waals surface area (Å²) in [7, 11) is -1.26. The van der Waals surface area contributed by atoms with E-state index in [4.69, 9.17) is 5.73 Å². The van der Waals surface area contributed by atoms with Gasteiger partial charge in [0, 0.05) is 28.9 Å². The van der Waals surface area contributed by atoms with Gasteiger partial charge in [0.1, 0.15) is 5.75 Å². The molecule has 5 heteroatoms. The first-order chi connectivity index (χ1) is 9.15. The van der Waals surface area contributed by atoms with E-state index in [1.165, 1.54) is 0 Å². The molecule has 98 valence electrons. The quantitative estimate of drug-likeness (QED) is 0.897. The van der Waals surface area contributed by atoms with Crippen LogP contribution in [0.1, 0.15) is 5.56 Å². The lowest BCUT2D eigenvalue weighted by molar-refractivity contribution is -0.115. The molecule has 4 nitrogen and oxygen atoms in total. The number of benzene rings is 1. The number of hydrogen-bond donors (Lipinski definition) is 1. The first-order valence-corrected chi connectivity index (χ1v) is 7.26. The molecule has 19 heavy (non-hydrogen) atoms. The lowest BCUT2D eigenvalue weighted by Gasteiger charge is -2.05. The maximum atomic E-state index is 11.7. The Morgan fingerprint density at radius 3 is 2.68 bits per heavy atom. The number of nitrogens with zero attached hydrogens (tertiary/aromatic N) is 1. The van der Waals surface area contributed by atoms with Gasteiger partial charge < -0.3 is 5.73 Å². The van der Waals surface area contributed by atoms with Gasteiger partial charge in [-0.25, -0.2) is 0 Å². The zero-order chi connectivity index (χ0) is 13.7. The van der Waals surface area contributed by atoms with E-state index in [2.05, 4.69) is 4.98 Å². The van der Waals surface area contributed by atoms with Crippen LogP contribution in [-0.4, -0.2) is 20.9 Å². The molecular weight excluding hydrogens is 260 g/mol. The Hall–Kier alpha value is -2.01. The Bertz CT molecular complexity index is 599. The van der Waals surface area contributed by atoms with Gasteiger partial charge in [0.25, 0.3) is 0 Å². The molecule has 1 heterocycles. The van der Waals surface area contributed by atoms with Gasteiger partial charge in [-0.05, 0) is 22.8 Å². The summed E-state index contributed by atoms with van der Waals surface area (Å²) in [4.78, 5) is 14.8. The van der Waals surface area contributed by atoms with E-state index in [1.54, 1.807) is 12.4 Å². The number of hydrogen-bond acceptors (Lipinski definition) is 3. The fourth-order valence-electron chi connectivity index (χ4n) is 1.77. The molecule has 2 rings (SSSR count). The van der Waals surface area contributed by atoms with Crippen LogP contribution in [0.5, 0.6) is 0 Å². The molecule has 0 aliphatic carbocycles. The minimum Gasteiger partial charge on any atom is -0.369 e. The van der Waals surface area contributed by atoms with Crippen LogP contribution in [0.25, 0.3) is 11.1 Å². The first-order valence-electron chi connectivity index (χ1n) is 5.78. The third-order valence-electron chi connectivity index (χ3n) is 2.55. The van der Waals surface area contributed by atoms with Gasteiger partial charge >= 0.3 is 0 Å². The number of pyridine rings is 1. The Labute approximate surface area is 114 Å². The van der Waals surface area contributed by atoms with Crippen molar-refractivity contribution in [1.82, 2.24) is 4.98 Å². The summed E-state index contributed by atoms with van der Waals surface area (Å²) in [6.45, 7) is 0. The largest absolute Gasteiger partial charge is 0.369 e. The van der Waals surface area contributed by atoms with E-state index in [-0.39, 0.29) is 5.75 Å². The topological polar surface area (TPSA) is 73.1 Å². The van der Waals surface area contributed by atoms with Crippen LogP contribution in [0.15, 0.2) is 48.8 Å². The number of rotatable bonds is 5. The molecule has 2 N–H and O–H groups in total. The number of aromatic nitrogens is 1. The summed E-state index contributed by atoms with van der Waals surface area (Å²) in [6, 6.07) is 11.5. The van der Waals surface area contributed by atoms with Gasteiger partial charge in [-0.2, -0.15) is 0 Å². The molecule has 0 aliphatic heterocycles. The van der Waals surface area contributed by atoms with E-state index in [0.717, 1.165) is 16.7 Å². The highest BCUT2D eigenvalue weighted by Crippen LogP contribution is 2.19.